The molecule has 0 bridgehead atoms. The Morgan fingerprint density at radius 3 is 2.19 bits per heavy atom. The van der Waals surface area contributed by atoms with Crippen molar-refractivity contribution in [2.75, 3.05) is 26.0 Å². The summed E-state index contributed by atoms with van der Waals surface area (Å²) >= 11 is 0. The zero-order chi connectivity index (χ0) is 20.0. The summed E-state index contributed by atoms with van der Waals surface area (Å²) in [5, 5.41) is 2.48. The van der Waals surface area contributed by atoms with Crippen LogP contribution in [-0.2, 0) is 14.8 Å². The molecule has 0 aliphatic heterocycles. The Kier molecular flexibility index (Phi) is 6.51. The first-order valence-corrected chi connectivity index (χ1v) is 9.52. The van der Waals surface area contributed by atoms with Gasteiger partial charge in [0.15, 0.2) is 6.10 Å². The second-order valence-corrected chi connectivity index (χ2v) is 7.20. The minimum atomic E-state index is -3.86. The lowest BCUT2D eigenvalue weighted by Gasteiger charge is -2.15. The Hall–Kier alpha value is -2.94. The van der Waals surface area contributed by atoms with E-state index in [9.17, 15) is 13.2 Å². The number of carbonyl (C=O) groups excluding carboxylic acids is 1. The number of methoxy groups -OCH3 is 2. The fraction of sp³-hybridized carbons (Fsp3) is 0.278. The molecular formula is C18H22N2O6S. The molecule has 2 rings (SSSR count). The van der Waals surface area contributed by atoms with Crippen LogP contribution in [0.3, 0.4) is 0 Å². The van der Waals surface area contributed by atoms with E-state index in [0.29, 0.717) is 17.2 Å². The second kappa shape index (κ2) is 8.63. The van der Waals surface area contributed by atoms with Gasteiger partial charge in [0.1, 0.15) is 17.2 Å². The predicted molar refractivity (Wildman–Crippen MR) is 101 cm³/mol. The molecule has 1 atom stereocenters. The van der Waals surface area contributed by atoms with E-state index in [1.54, 1.807) is 19.1 Å². The third kappa shape index (κ3) is 5.04. The summed E-state index contributed by atoms with van der Waals surface area (Å²) < 4.78 is 43.5. The van der Waals surface area contributed by atoms with E-state index >= 15 is 0 Å². The lowest BCUT2D eigenvalue weighted by atomic mass is 10.3. The molecule has 2 N–H and O–H groups in total. The molecule has 146 valence electrons. The van der Waals surface area contributed by atoms with Crippen LogP contribution in [0.25, 0.3) is 0 Å². The van der Waals surface area contributed by atoms with Crippen molar-refractivity contribution < 1.29 is 27.4 Å². The zero-order valence-corrected chi connectivity index (χ0v) is 16.3. The molecule has 0 aliphatic rings. The second-order valence-electron chi connectivity index (χ2n) is 5.52. The van der Waals surface area contributed by atoms with Gasteiger partial charge in [-0.15, -0.1) is 0 Å². The van der Waals surface area contributed by atoms with Crippen molar-refractivity contribution in [2.45, 2.75) is 17.9 Å². The molecule has 0 spiro atoms. The monoisotopic (exact) mass is 394 g/mol. The molecule has 2 aromatic carbocycles. The van der Waals surface area contributed by atoms with Crippen molar-refractivity contribution in [3.63, 3.8) is 0 Å². The van der Waals surface area contributed by atoms with Crippen LogP contribution in [0.5, 0.6) is 17.2 Å². The summed E-state index contributed by atoms with van der Waals surface area (Å²) in [6.07, 6.45) is -0.698. The van der Waals surface area contributed by atoms with Crippen LogP contribution < -0.4 is 24.2 Å². The number of sulfonamides is 1. The van der Waals surface area contributed by atoms with Gasteiger partial charge in [-0.1, -0.05) is 0 Å². The fourth-order valence-electron chi connectivity index (χ4n) is 2.26. The molecule has 27 heavy (non-hydrogen) atoms. The lowest BCUT2D eigenvalue weighted by Crippen LogP contribution is -2.33. The van der Waals surface area contributed by atoms with E-state index in [-0.39, 0.29) is 16.5 Å². The van der Waals surface area contributed by atoms with Crippen LogP contribution in [0.1, 0.15) is 6.92 Å². The maximum Gasteiger partial charge on any atom is 0.262 e. The van der Waals surface area contributed by atoms with Gasteiger partial charge < -0.3 is 19.5 Å². The molecule has 0 aromatic heterocycles. The van der Waals surface area contributed by atoms with E-state index < -0.39 is 16.1 Å². The van der Waals surface area contributed by atoms with Gasteiger partial charge in [-0.05, 0) is 43.3 Å². The van der Waals surface area contributed by atoms with Crippen molar-refractivity contribution in [3.05, 3.63) is 42.5 Å². The topological polar surface area (TPSA) is 103 Å². The van der Waals surface area contributed by atoms with Crippen LogP contribution in [0, 0.1) is 0 Å². The van der Waals surface area contributed by atoms with Crippen molar-refractivity contribution in [1.82, 2.24) is 5.32 Å². The quantitative estimate of drug-likeness (QED) is 0.710. The van der Waals surface area contributed by atoms with Crippen molar-refractivity contribution in [1.29, 1.82) is 0 Å². The maximum atomic E-state index is 12.6. The molecule has 0 heterocycles. The SMILES string of the molecule is CNC(=O)[C@@H](C)Oc1ccc(S(=O)(=O)Nc2cc(OC)ccc2OC)cc1. The largest absolute Gasteiger partial charge is 0.497 e. The van der Waals surface area contributed by atoms with Crippen LogP contribution in [0.2, 0.25) is 0 Å². The summed E-state index contributed by atoms with van der Waals surface area (Å²) in [6.45, 7) is 1.60. The van der Waals surface area contributed by atoms with Gasteiger partial charge in [0.05, 0.1) is 24.8 Å². The number of hydrogen-bond acceptors (Lipinski definition) is 6. The highest BCUT2D eigenvalue weighted by Crippen LogP contribution is 2.31. The Labute approximate surface area is 158 Å². The summed E-state index contributed by atoms with van der Waals surface area (Å²) in [4.78, 5) is 11.5. The molecule has 0 fully saturated rings. The summed E-state index contributed by atoms with van der Waals surface area (Å²) in [5.41, 5.74) is 0.255. The number of ether oxygens (including phenoxy) is 3. The van der Waals surface area contributed by atoms with Crippen LogP contribution in [0.4, 0.5) is 5.69 Å². The normalized spacial score (nSPS) is 12.0. The lowest BCUT2D eigenvalue weighted by molar-refractivity contribution is -0.126. The summed E-state index contributed by atoms with van der Waals surface area (Å²) in [6, 6.07) is 10.5. The molecule has 0 unspecified atom stereocenters. The molecule has 0 aliphatic carbocycles. The number of benzene rings is 2. The fourth-order valence-corrected chi connectivity index (χ4v) is 3.32. The van der Waals surface area contributed by atoms with E-state index in [0.717, 1.165) is 0 Å². The number of rotatable bonds is 8. The van der Waals surface area contributed by atoms with Crippen LogP contribution >= 0.6 is 0 Å². The standard InChI is InChI=1S/C18H22N2O6S/c1-12(18(21)19-2)26-13-5-8-15(9-6-13)27(22,23)20-16-11-14(24-3)7-10-17(16)25-4/h5-12,20H,1-4H3,(H,19,21)/t12-/m1/s1. The van der Waals surface area contributed by atoms with Crippen molar-refractivity contribution >= 4 is 21.6 Å². The number of carbonyl (C=O) groups is 1. The average Bonchev–Trinajstić information content (AvgIpc) is 2.67. The average molecular weight is 394 g/mol. The van der Waals surface area contributed by atoms with Gasteiger partial charge in [-0.3, -0.25) is 9.52 Å². The van der Waals surface area contributed by atoms with E-state index in [2.05, 4.69) is 10.0 Å². The third-order valence-electron chi connectivity index (χ3n) is 3.71. The number of amides is 1. The Morgan fingerprint density at radius 1 is 1.00 bits per heavy atom. The molecule has 0 radical (unpaired) electrons. The van der Waals surface area contributed by atoms with Gasteiger partial charge in [-0.2, -0.15) is 0 Å². The third-order valence-corrected chi connectivity index (χ3v) is 5.09. The zero-order valence-electron chi connectivity index (χ0n) is 15.5. The highest BCUT2D eigenvalue weighted by Gasteiger charge is 2.18. The van der Waals surface area contributed by atoms with Crippen molar-refractivity contribution in [2.24, 2.45) is 0 Å². The highest BCUT2D eigenvalue weighted by molar-refractivity contribution is 7.92. The first kappa shape index (κ1) is 20.4. The van der Waals surface area contributed by atoms with E-state index in [1.165, 1.54) is 51.6 Å². The van der Waals surface area contributed by atoms with Gasteiger partial charge in [-0.25, -0.2) is 8.42 Å². The van der Waals surface area contributed by atoms with E-state index in [1.807, 2.05) is 0 Å². The predicted octanol–water partition coefficient (Wildman–Crippen LogP) is 2.02. The smallest absolute Gasteiger partial charge is 0.262 e. The Morgan fingerprint density at radius 2 is 1.63 bits per heavy atom. The molecule has 1 amide bonds. The van der Waals surface area contributed by atoms with Gasteiger partial charge in [0, 0.05) is 13.1 Å². The van der Waals surface area contributed by atoms with Gasteiger partial charge >= 0.3 is 0 Å². The minimum absolute atomic E-state index is 0.0346. The van der Waals surface area contributed by atoms with Crippen LogP contribution in [-0.4, -0.2) is 41.7 Å². The molecular weight excluding hydrogens is 372 g/mol. The first-order chi connectivity index (χ1) is 12.8. The molecule has 0 saturated heterocycles. The van der Waals surface area contributed by atoms with Crippen LogP contribution in [0.15, 0.2) is 47.4 Å². The van der Waals surface area contributed by atoms with Gasteiger partial charge in [0.2, 0.25) is 0 Å². The Balaban J connectivity index is 2.21. The first-order valence-electron chi connectivity index (χ1n) is 8.04. The molecule has 0 saturated carbocycles. The molecule has 8 nitrogen and oxygen atoms in total. The van der Waals surface area contributed by atoms with E-state index in [4.69, 9.17) is 14.2 Å². The maximum absolute atomic E-state index is 12.6. The number of anilines is 1. The van der Waals surface area contributed by atoms with Gasteiger partial charge in [0.25, 0.3) is 15.9 Å². The number of likely N-dealkylation sites (N-methyl/N-ethyl adjacent to an activating group) is 1. The summed E-state index contributed by atoms with van der Waals surface area (Å²) in [5.74, 6) is 0.946. The van der Waals surface area contributed by atoms with Crippen molar-refractivity contribution in [3.8, 4) is 17.2 Å². The number of hydrogen-bond donors (Lipinski definition) is 2. The highest BCUT2D eigenvalue weighted by atomic mass is 32.2. The molecule has 2 aromatic rings. The number of nitrogens with one attached hydrogen (secondary N) is 2. The summed E-state index contributed by atoms with van der Waals surface area (Å²) in [7, 11) is 0.581. The minimum Gasteiger partial charge on any atom is -0.497 e. The Bertz CT molecular complexity index is 897. The molecule has 9 heteroatoms.